The molecule has 0 amide bonds. The lowest BCUT2D eigenvalue weighted by Crippen LogP contribution is -2.30. The largest absolute Gasteiger partial charge is 0.329 e. The van der Waals surface area contributed by atoms with Gasteiger partial charge < -0.3 is 5.73 Å². The molecule has 0 saturated heterocycles. The summed E-state index contributed by atoms with van der Waals surface area (Å²) in [5.74, 6) is 0. The van der Waals surface area contributed by atoms with Crippen molar-refractivity contribution in [1.29, 1.82) is 0 Å². The summed E-state index contributed by atoms with van der Waals surface area (Å²) in [6.07, 6.45) is 3.66. The fourth-order valence-electron chi connectivity index (χ4n) is 2.55. The molecule has 20 heavy (non-hydrogen) atoms. The van der Waals surface area contributed by atoms with Crippen LogP contribution in [0.15, 0.2) is 42.7 Å². The Hall–Kier alpha value is -1.71. The van der Waals surface area contributed by atoms with E-state index in [1.54, 1.807) is 0 Å². The molecule has 106 valence electrons. The van der Waals surface area contributed by atoms with Crippen LogP contribution in [0.5, 0.6) is 0 Å². The van der Waals surface area contributed by atoms with Crippen LogP contribution < -0.4 is 5.73 Å². The molecule has 0 fully saturated rings. The van der Waals surface area contributed by atoms with E-state index in [9.17, 15) is 0 Å². The van der Waals surface area contributed by atoms with Crippen LogP contribution in [0.4, 0.5) is 0 Å². The molecule has 2 N–H and O–H groups in total. The Kier molecular flexibility index (Phi) is 4.88. The smallest absolute Gasteiger partial charge is 0.0473 e. The second kappa shape index (κ2) is 6.64. The highest BCUT2D eigenvalue weighted by molar-refractivity contribution is 5.33. The van der Waals surface area contributed by atoms with Gasteiger partial charge in [0, 0.05) is 31.5 Å². The molecule has 3 heteroatoms. The Bertz CT molecular complexity index is 551. The van der Waals surface area contributed by atoms with Gasteiger partial charge in [-0.05, 0) is 49.7 Å². The summed E-state index contributed by atoms with van der Waals surface area (Å²) in [5, 5.41) is 0. The second-order valence-electron chi connectivity index (χ2n) is 5.38. The lowest BCUT2D eigenvalue weighted by Gasteiger charge is -2.29. The van der Waals surface area contributed by atoms with Crippen LogP contribution in [-0.2, 0) is 6.54 Å². The van der Waals surface area contributed by atoms with Gasteiger partial charge in [-0.15, -0.1) is 0 Å². The number of nitrogens with two attached hydrogens (primary N) is 1. The van der Waals surface area contributed by atoms with Crippen LogP contribution in [0.2, 0.25) is 0 Å². The van der Waals surface area contributed by atoms with Crippen molar-refractivity contribution in [2.75, 3.05) is 13.6 Å². The summed E-state index contributed by atoms with van der Waals surface area (Å²) in [6.45, 7) is 5.76. The highest BCUT2D eigenvalue weighted by Crippen LogP contribution is 2.24. The maximum atomic E-state index is 6.02. The number of rotatable bonds is 5. The molecule has 1 aromatic carbocycles. The lowest BCUT2D eigenvalue weighted by atomic mass is 9.97. The Morgan fingerprint density at radius 3 is 2.50 bits per heavy atom. The van der Waals surface area contributed by atoms with Crippen molar-refractivity contribution in [3.05, 3.63) is 65.0 Å². The number of benzene rings is 1. The minimum atomic E-state index is 0.239. The van der Waals surface area contributed by atoms with Crippen molar-refractivity contribution in [3.63, 3.8) is 0 Å². The molecule has 0 saturated carbocycles. The van der Waals surface area contributed by atoms with E-state index in [1.807, 2.05) is 24.5 Å². The van der Waals surface area contributed by atoms with Crippen LogP contribution in [-0.4, -0.2) is 23.5 Å². The molecule has 1 atom stereocenters. The van der Waals surface area contributed by atoms with Gasteiger partial charge in [0.05, 0.1) is 0 Å². The zero-order chi connectivity index (χ0) is 14.5. The fourth-order valence-corrected chi connectivity index (χ4v) is 2.55. The van der Waals surface area contributed by atoms with Gasteiger partial charge in [0.1, 0.15) is 0 Å². The Labute approximate surface area is 121 Å². The van der Waals surface area contributed by atoms with Crippen LogP contribution in [0.25, 0.3) is 0 Å². The molecule has 0 aliphatic rings. The predicted octanol–water partition coefficient (Wildman–Crippen LogP) is 2.83. The molecule has 0 spiro atoms. The van der Waals surface area contributed by atoms with Crippen molar-refractivity contribution < 1.29 is 0 Å². The fraction of sp³-hybridized carbons (Fsp3) is 0.353. The summed E-state index contributed by atoms with van der Waals surface area (Å²) in [4.78, 5) is 6.36. The zero-order valence-electron chi connectivity index (χ0n) is 12.5. The Balaban J connectivity index is 2.21. The third-order valence-corrected chi connectivity index (χ3v) is 3.73. The molecule has 1 aromatic heterocycles. The summed E-state index contributed by atoms with van der Waals surface area (Å²) < 4.78 is 0. The number of aryl methyl sites for hydroxylation is 2. The van der Waals surface area contributed by atoms with E-state index in [-0.39, 0.29) is 6.04 Å². The molecular weight excluding hydrogens is 246 g/mol. The second-order valence-corrected chi connectivity index (χ2v) is 5.38. The molecule has 0 bridgehead atoms. The predicted molar refractivity (Wildman–Crippen MR) is 83.4 cm³/mol. The standard InChI is InChI=1S/C17H23N3/c1-13-4-5-14(2)16(10-13)17(11-18)20(3)12-15-6-8-19-9-7-15/h4-10,17H,11-12,18H2,1-3H3. The van der Waals surface area contributed by atoms with Gasteiger partial charge in [0.25, 0.3) is 0 Å². The highest BCUT2D eigenvalue weighted by Gasteiger charge is 2.17. The van der Waals surface area contributed by atoms with E-state index in [4.69, 9.17) is 5.73 Å². The zero-order valence-corrected chi connectivity index (χ0v) is 12.5. The van der Waals surface area contributed by atoms with Crippen molar-refractivity contribution in [2.45, 2.75) is 26.4 Å². The first-order chi connectivity index (χ1) is 9.61. The molecule has 1 heterocycles. The summed E-state index contributed by atoms with van der Waals surface area (Å²) in [6, 6.07) is 10.9. The number of hydrogen-bond donors (Lipinski definition) is 1. The van der Waals surface area contributed by atoms with Gasteiger partial charge in [-0.1, -0.05) is 23.8 Å². The average Bonchev–Trinajstić information content (AvgIpc) is 2.44. The van der Waals surface area contributed by atoms with E-state index >= 15 is 0 Å². The van der Waals surface area contributed by atoms with Crippen LogP contribution >= 0.6 is 0 Å². The first kappa shape index (κ1) is 14.7. The summed E-state index contributed by atoms with van der Waals surface area (Å²) >= 11 is 0. The maximum absolute atomic E-state index is 6.02. The third-order valence-electron chi connectivity index (χ3n) is 3.73. The topological polar surface area (TPSA) is 42.1 Å². The van der Waals surface area contributed by atoms with Gasteiger partial charge in [-0.2, -0.15) is 0 Å². The van der Waals surface area contributed by atoms with Gasteiger partial charge in [-0.25, -0.2) is 0 Å². The van der Waals surface area contributed by atoms with Crippen molar-refractivity contribution in [3.8, 4) is 0 Å². The van der Waals surface area contributed by atoms with Crippen LogP contribution in [0, 0.1) is 13.8 Å². The summed E-state index contributed by atoms with van der Waals surface area (Å²) in [7, 11) is 2.12. The SMILES string of the molecule is Cc1ccc(C)c(C(CN)N(C)Cc2ccncc2)c1. The minimum absolute atomic E-state index is 0.239. The van der Waals surface area contributed by atoms with Gasteiger partial charge in [-0.3, -0.25) is 9.88 Å². The maximum Gasteiger partial charge on any atom is 0.0473 e. The van der Waals surface area contributed by atoms with Gasteiger partial charge in [0.2, 0.25) is 0 Å². The number of aromatic nitrogens is 1. The summed E-state index contributed by atoms with van der Waals surface area (Å²) in [5.41, 5.74) is 11.2. The van der Waals surface area contributed by atoms with E-state index in [1.165, 1.54) is 22.3 Å². The van der Waals surface area contributed by atoms with Crippen molar-refractivity contribution in [2.24, 2.45) is 5.73 Å². The number of nitrogens with zero attached hydrogens (tertiary/aromatic N) is 2. The van der Waals surface area contributed by atoms with Gasteiger partial charge >= 0.3 is 0 Å². The van der Waals surface area contributed by atoms with E-state index in [2.05, 4.69) is 49.0 Å². The molecule has 0 aliphatic heterocycles. The Morgan fingerprint density at radius 1 is 1.15 bits per heavy atom. The molecule has 2 aromatic rings. The molecule has 1 unspecified atom stereocenters. The van der Waals surface area contributed by atoms with Gasteiger partial charge in [0.15, 0.2) is 0 Å². The number of hydrogen-bond acceptors (Lipinski definition) is 3. The number of likely N-dealkylation sites (N-methyl/N-ethyl adjacent to an activating group) is 1. The quantitative estimate of drug-likeness (QED) is 0.907. The molecule has 3 nitrogen and oxygen atoms in total. The Morgan fingerprint density at radius 2 is 1.85 bits per heavy atom. The minimum Gasteiger partial charge on any atom is -0.329 e. The number of pyridine rings is 1. The van der Waals surface area contributed by atoms with E-state index < -0.39 is 0 Å². The average molecular weight is 269 g/mol. The van der Waals surface area contributed by atoms with Crippen LogP contribution in [0.3, 0.4) is 0 Å². The molecule has 2 rings (SSSR count). The molecular formula is C17H23N3. The lowest BCUT2D eigenvalue weighted by molar-refractivity contribution is 0.241. The molecule has 0 aliphatic carbocycles. The monoisotopic (exact) mass is 269 g/mol. The molecule has 0 radical (unpaired) electrons. The van der Waals surface area contributed by atoms with Crippen molar-refractivity contribution in [1.82, 2.24) is 9.88 Å². The van der Waals surface area contributed by atoms with Crippen LogP contribution in [0.1, 0.15) is 28.3 Å². The first-order valence-corrected chi connectivity index (χ1v) is 6.98. The van der Waals surface area contributed by atoms with E-state index in [0.29, 0.717) is 6.54 Å². The van der Waals surface area contributed by atoms with E-state index in [0.717, 1.165) is 6.54 Å². The first-order valence-electron chi connectivity index (χ1n) is 6.98. The van der Waals surface area contributed by atoms with Crippen molar-refractivity contribution >= 4 is 0 Å². The highest BCUT2D eigenvalue weighted by atomic mass is 15.1. The third kappa shape index (κ3) is 3.44. The normalized spacial score (nSPS) is 12.7.